The Morgan fingerprint density at radius 2 is 2.29 bits per heavy atom. The van der Waals surface area contributed by atoms with Crippen LogP contribution in [0, 0.1) is 0 Å². The van der Waals surface area contributed by atoms with Gasteiger partial charge < -0.3 is 5.32 Å². The lowest BCUT2D eigenvalue weighted by Gasteiger charge is -2.15. The molecule has 0 amide bonds. The monoisotopic (exact) mass is 267 g/mol. The summed E-state index contributed by atoms with van der Waals surface area (Å²) in [6, 6.07) is 7.99. The third kappa shape index (κ3) is 2.65. The van der Waals surface area contributed by atoms with E-state index in [1.54, 1.807) is 0 Å². The first-order valence-corrected chi connectivity index (χ1v) is 6.65. The molecule has 2 rings (SSSR count). The summed E-state index contributed by atoms with van der Waals surface area (Å²) in [5.74, 6) is 0. The Hall–Kier alpha value is -0.970. The first-order valence-electron chi connectivity index (χ1n) is 5.50. The van der Waals surface area contributed by atoms with Gasteiger partial charge in [0.25, 0.3) is 0 Å². The quantitative estimate of drug-likeness (QED) is 0.925. The Kier molecular flexibility index (Phi) is 4.10. The zero-order valence-corrected chi connectivity index (χ0v) is 11.3. The van der Waals surface area contributed by atoms with Crippen molar-refractivity contribution in [2.75, 3.05) is 7.05 Å². The maximum absolute atomic E-state index is 6.03. The van der Waals surface area contributed by atoms with Crippen molar-refractivity contribution in [2.24, 2.45) is 0 Å². The molecule has 0 radical (unpaired) electrons. The predicted octanol–water partition coefficient (Wildman–Crippen LogP) is 3.06. The number of rotatable bonds is 4. The highest BCUT2D eigenvalue weighted by Gasteiger charge is 2.18. The van der Waals surface area contributed by atoms with Crippen molar-refractivity contribution in [3.05, 3.63) is 45.4 Å². The fourth-order valence-corrected chi connectivity index (χ4v) is 2.89. The third-order valence-electron chi connectivity index (χ3n) is 2.65. The Morgan fingerprint density at radius 1 is 1.47 bits per heavy atom. The fraction of sp³-hybridized carbons (Fsp3) is 0.333. The van der Waals surface area contributed by atoms with Gasteiger partial charge in [0.15, 0.2) is 0 Å². The minimum Gasteiger partial charge on any atom is -0.309 e. The molecule has 0 saturated carbocycles. The molecule has 1 N–H and O–H groups in total. The fourth-order valence-electron chi connectivity index (χ4n) is 1.82. The van der Waals surface area contributed by atoms with E-state index >= 15 is 0 Å². The third-order valence-corrected chi connectivity index (χ3v) is 3.72. The molecule has 90 valence electrons. The molecule has 17 heavy (non-hydrogen) atoms. The molecule has 0 aliphatic carbocycles. The lowest BCUT2D eigenvalue weighted by atomic mass is 10.0. The van der Waals surface area contributed by atoms with Gasteiger partial charge in [-0.3, -0.25) is 0 Å². The van der Waals surface area contributed by atoms with Crippen molar-refractivity contribution in [1.82, 2.24) is 14.9 Å². The van der Waals surface area contributed by atoms with Crippen LogP contribution in [0.5, 0.6) is 0 Å². The molecule has 3 nitrogen and oxygen atoms in total. The van der Waals surface area contributed by atoms with E-state index < -0.39 is 0 Å². The van der Waals surface area contributed by atoms with Gasteiger partial charge in [0, 0.05) is 5.02 Å². The average Bonchev–Trinajstić information content (AvgIpc) is 2.78. The molecule has 2 aromatic rings. The van der Waals surface area contributed by atoms with Crippen LogP contribution in [0.4, 0.5) is 0 Å². The minimum absolute atomic E-state index is 0.114. The van der Waals surface area contributed by atoms with Gasteiger partial charge >= 0.3 is 0 Å². The number of aromatic nitrogens is 2. The van der Waals surface area contributed by atoms with Gasteiger partial charge in [-0.2, -0.15) is 0 Å². The van der Waals surface area contributed by atoms with Crippen molar-refractivity contribution in [3.8, 4) is 0 Å². The van der Waals surface area contributed by atoms with E-state index in [0.29, 0.717) is 0 Å². The van der Waals surface area contributed by atoms with E-state index in [1.807, 2.05) is 25.2 Å². The molecule has 0 bridgehead atoms. The van der Waals surface area contributed by atoms with E-state index in [9.17, 15) is 0 Å². The van der Waals surface area contributed by atoms with E-state index in [1.165, 1.54) is 11.5 Å². The summed E-state index contributed by atoms with van der Waals surface area (Å²) in [6.45, 7) is 2.09. The number of benzene rings is 1. The van der Waals surface area contributed by atoms with Crippen molar-refractivity contribution < 1.29 is 0 Å². The molecule has 0 spiro atoms. The van der Waals surface area contributed by atoms with Crippen LogP contribution in [0.3, 0.4) is 0 Å². The lowest BCUT2D eigenvalue weighted by molar-refractivity contribution is 0.693. The topological polar surface area (TPSA) is 37.8 Å². The highest BCUT2D eigenvalue weighted by Crippen LogP contribution is 2.28. The molecule has 1 aromatic heterocycles. The summed E-state index contributed by atoms with van der Waals surface area (Å²) < 4.78 is 4.03. The molecule has 1 heterocycles. The zero-order chi connectivity index (χ0) is 12.3. The van der Waals surface area contributed by atoms with Gasteiger partial charge in [-0.25, -0.2) is 0 Å². The molecule has 0 aliphatic rings. The Morgan fingerprint density at radius 3 is 2.94 bits per heavy atom. The number of nitrogens with zero attached hydrogens (tertiary/aromatic N) is 2. The molecule has 1 atom stereocenters. The first kappa shape index (κ1) is 12.5. The molecule has 0 aliphatic heterocycles. The van der Waals surface area contributed by atoms with Gasteiger partial charge in [-0.05, 0) is 42.7 Å². The van der Waals surface area contributed by atoms with Crippen molar-refractivity contribution >= 4 is 23.1 Å². The normalized spacial score (nSPS) is 12.6. The van der Waals surface area contributed by atoms with E-state index in [-0.39, 0.29) is 6.04 Å². The molecular formula is C12H14ClN3S. The Bertz CT molecular complexity index is 498. The van der Waals surface area contributed by atoms with E-state index in [0.717, 1.165) is 27.6 Å². The number of aryl methyl sites for hydroxylation is 1. The van der Waals surface area contributed by atoms with Crippen molar-refractivity contribution in [3.63, 3.8) is 0 Å². The van der Waals surface area contributed by atoms with Crippen LogP contribution in [0.2, 0.25) is 5.02 Å². The van der Waals surface area contributed by atoms with E-state index in [4.69, 9.17) is 11.6 Å². The smallest absolute Gasteiger partial charge is 0.0804 e. The number of hydrogen-bond donors (Lipinski definition) is 1. The van der Waals surface area contributed by atoms with Crippen LogP contribution < -0.4 is 5.32 Å². The molecular weight excluding hydrogens is 254 g/mol. The second-order valence-corrected chi connectivity index (χ2v) is 4.94. The largest absolute Gasteiger partial charge is 0.309 e. The highest BCUT2D eigenvalue weighted by atomic mass is 35.5. The van der Waals surface area contributed by atoms with Gasteiger partial charge in [0.05, 0.1) is 16.6 Å². The summed E-state index contributed by atoms with van der Waals surface area (Å²) >= 11 is 7.47. The number of hydrogen-bond acceptors (Lipinski definition) is 4. The Labute approximate surface area is 110 Å². The minimum atomic E-state index is 0.114. The summed E-state index contributed by atoms with van der Waals surface area (Å²) in [7, 11) is 1.94. The van der Waals surface area contributed by atoms with E-state index in [2.05, 4.69) is 27.9 Å². The molecule has 0 saturated heterocycles. The second kappa shape index (κ2) is 5.58. The zero-order valence-electron chi connectivity index (χ0n) is 9.77. The van der Waals surface area contributed by atoms with Gasteiger partial charge in [0.2, 0.25) is 0 Å². The predicted molar refractivity (Wildman–Crippen MR) is 71.6 cm³/mol. The Balaban J connectivity index is 2.40. The van der Waals surface area contributed by atoms with Crippen LogP contribution >= 0.6 is 23.1 Å². The molecule has 1 unspecified atom stereocenters. The maximum Gasteiger partial charge on any atom is 0.0804 e. The highest BCUT2D eigenvalue weighted by molar-refractivity contribution is 7.05. The second-order valence-electron chi connectivity index (χ2n) is 3.71. The molecule has 5 heteroatoms. The summed E-state index contributed by atoms with van der Waals surface area (Å²) in [5.41, 5.74) is 2.19. The van der Waals surface area contributed by atoms with Crippen molar-refractivity contribution in [1.29, 1.82) is 0 Å². The lowest BCUT2D eigenvalue weighted by Crippen LogP contribution is -2.17. The van der Waals surface area contributed by atoms with Crippen LogP contribution in [0.15, 0.2) is 24.3 Å². The summed E-state index contributed by atoms with van der Waals surface area (Å²) in [6.07, 6.45) is 0.893. The van der Waals surface area contributed by atoms with Gasteiger partial charge in [-0.1, -0.05) is 35.1 Å². The van der Waals surface area contributed by atoms with Crippen LogP contribution in [-0.2, 0) is 6.42 Å². The SMILES string of the molecule is CCc1nnsc1C(NC)c1cccc(Cl)c1. The average molecular weight is 268 g/mol. The molecule has 0 fully saturated rings. The van der Waals surface area contributed by atoms with Gasteiger partial charge in [0.1, 0.15) is 0 Å². The summed E-state index contributed by atoms with van der Waals surface area (Å²) in [4.78, 5) is 1.16. The number of halogens is 1. The molecule has 1 aromatic carbocycles. The van der Waals surface area contributed by atoms with Crippen molar-refractivity contribution in [2.45, 2.75) is 19.4 Å². The van der Waals surface area contributed by atoms with Crippen LogP contribution in [-0.4, -0.2) is 16.6 Å². The summed E-state index contributed by atoms with van der Waals surface area (Å²) in [5, 5.41) is 8.19. The number of nitrogens with one attached hydrogen (secondary N) is 1. The maximum atomic E-state index is 6.03. The van der Waals surface area contributed by atoms with Crippen LogP contribution in [0.25, 0.3) is 0 Å². The first-order chi connectivity index (χ1) is 8.26. The van der Waals surface area contributed by atoms with Crippen LogP contribution in [0.1, 0.15) is 29.1 Å². The van der Waals surface area contributed by atoms with Gasteiger partial charge in [-0.15, -0.1) is 5.10 Å². The standard InChI is InChI=1S/C12H14ClN3S/c1-3-10-12(17-16-15-10)11(14-2)8-5-4-6-9(13)7-8/h4-7,11,14H,3H2,1-2H3.